The van der Waals surface area contributed by atoms with E-state index in [-0.39, 0.29) is 47.7 Å². The lowest BCUT2D eigenvalue weighted by molar-refractivity contribution is -0.601. The molecule has 16 nitrogen and oxygen atoms in total. The molecule has 62 heavy (non-hydrogen) atoms. The summed E-state index contributed by atoms with van der Waals surface area (Å²) >= 11 is 0. The van der Waals surface area contributed by atoms with Crippen LogP contribution in [-0.2, 0) is 30.4 Å². The van der Waals surface area contributed by atoms with E-state index in [0.29, 0.717) is 37.8 Å². The first-order chi connectivity index (χ1) is 29.8. The van der Waals surface area contributed by atoms with E-state index in [2.05, 4.69) is 51.7 Å². The van der Waals surface area contributed by atoms with Gasteiger partial charge in [-0.1, -0.05) is 45.9 Å². The zero-order valence-corrected chi connectivity index (χ0v) is 36.6. The maximum absolute atomic E-state index is 14.1. The molecular weight excluding hydrogens is 793 g/mol. The van der Waals surface area contributed by atoms with E-state index < -0.39 is 24.3 Å². The van der Waals surface area contributed by atoms with E-state index in [1.807, 2.05) is 56.7 Å². The normalized spacial score (nSPS) is 20.6. The Morgan fingerprint density at radius 1 is 0.919 bits per heavy atom. The van der Waals surface area contributed by atoms with Crippen LogP contribution in [0.25, 0.3) is 44.2 Å². The predicted molar refractivity (Wildman–Crippen MR) is 231 cm³/mol. The molecule has 8 rings (SSSR count). The quantitative estimate of drug-likeness (QED) is 0.123. The number of quaternary nitrogens is 1. The van der Waals surface area contributed by atoms with Gasteiger partial charge >= 0.3 is 12.2 Å². The number of carbonyl (C=O) groups excluding carboxylic acids is 4. The van der Waals surface area contributed by atoms with Crippen LogP contribution < -0.4 is 15.4 Å². The lowest BCUT2D eigenvalue weighted by Crippen LogP contribution is -2.96. The number of rotatable bonds is 11. The number of imidazole rings is 2. The summed E-state index contributed by atoms with van der Waals surface area (Å²) in [6.07, 6.45) is 2.91. The number of alkyl carbamates (subject to hydrolysis) is 1. The fraction of sp³-hybridized carbons (Fsp3) is 0.478. The molecule has 0 bridgehead atoms. The number of amides is 4. The molecule has 0 saturated carbocycles. The number of aromatic nitrogens is 4. The molecule has 3 aliphatic heterocycles. The predicted octanol–water partition coefficient (Wildman–Crippen LogP) is 5.99. The van der Waals surface area contributed by atoms with Gasteiger partial charge in [0.15, 0.2) is 6.04 Å². The van der Waals surface area contributed by atoms with Crippen molar-refractivity contribution >= 4 is 45.8 Å². The van der Waals surface area contributed by atoms with Crippen molar-refractivity contribution in [3.8, 4) is 28.1 Å². The largest absolute Gasteiger partial charge is 0.513 e. The summed E-state index contributed by atoms with van der Waals surface area (Å²) in [5.74, 6) is 1.72. The Kier molecular flexibility index (Phi) is 12.0. The van der Waals surface area contributed by atoms with Crippen molar-refractivity contribution in [2.75, 3.05) is 34.5 Å². The summed E-state index contributed by atoms with van der Waals surface area (Å²) in [7, 11) is 4.27. The van der Waals surface area contributed by atoms with Crippen LogP contribution in [0.1, 0.15) is 83.2 Å². The third-order valence-corrected chi connectivity index (χ3v) is 12.8. The van der Waals surface area contributed by atoms with Crippen molar-refractivity contribution in [2.24, 2.45) is 17.8 Å². The van der Waals surface area contributed by atoms with Crippen molar-refractivity contribution in [2.45, 2.75) is 90.7 Å². The highest BCUT2D eigenvalue weighted by Gasteiger charge is 2.44. The molecule has 0 unspecified atom stereocenters. The van der Waals surface area contributed by atoms with Crippen LogP contribution in [0.15, 0.2) is 48.7 Å². The molecule has 16 heteroatoms. The fourth-order valence-electron chi connectivity index (χ4n) is 9.50. The number of H-pyrrole nitrogens is 2. The number of hydrogen-bond acceptors (Lipinski definition) is 10. The van der Waals surface area contributed by atoms with Crippen LogP contribution in [0.2, 0.25) is 0 Å². The number of ether oxygens (including phenoxy) is 4. The summed E-state index contributed by atoms with van der Waals surface area (Å²) in [6, 6.07) is 12.7. The molecule has 4 amide bonds. The molecule has 2 saturated heterocycles. The Balaban J connectivity index is 1.05. The maximum atomic E-state index is 14.1. The second-order valence-electron chi connectivity index (χ2n) is 17.6. The Hall–Kier alpha value is -6.00. The van der Waals surface area contributed by atoms with Crippen LogP contribution in [0.3, 0.4) is 0 Å². The van der Waals surface area contributed by atoms with E-state index in [4.69, 9.17) is 28.9 Å². The second kappa shape index (κ2) is 17.4. The molecule has 0 aliphatic carbocycles. The topological polar surface area (TPSA) is 198 Å². The number of likely N-dealkylation sites (tertiary alicyclic amines) is 2. The number of nitrogens with one attached hydrogen (secondary N) is 3. The van der Waals surface area contributed by atoms with Gasteiger partial charge < -0.3 is 44.0 Å². The number of primary amides is 1. The Bertz CT molecular complexity index is 2510. The SMILES string of the molecule is COC[C@H]1C[C@@H](c2nc3c(ccc4cc5c(cc43)OCc3cc(-c4cnc([C@@H]6CC[C@H](C)N6C(=O)[C@@H]([NH2+]C(=O)OC)C(C)C)[nH]4)ccc3-5)[nH]2)N(C(=O)[C@@H](NC(=O)OC)C(C)C)C1. The first-order valence-corrected chi connectivity index (χ1v) is 21.5. The van der Waals surface area contributed by atoms with Crippen molar-refractivity contribution in [1.82, 2.24) is 35.1 Å². The molecule has 5 aromatic rings. The van der Waals surface area contributed by atoms with E-state index >= 15 is 0 Å². The third-order valence-electron chi connectivity index (χ3n) is 12.8. The zero-order chi connectivity index (χ0) is 44.0. The molecule has 5 N–H and O–H groups in total. The van der Waals surface area contributed by atoms with E-state index in [9.17, 15) is 19.2 Å². The highest BCUT2D eigenvalue weighted by Crippen LogP contribution is 2.44. The van der Waals surface area contributed by atoms with Gasteiger partial charge in [0.05, 0.1) is 55.8 Å². The number of fused-ring (bicyclic) bond motifs is 6. The zero-order valence-electron chi connectivity index (χ0n) is 36.6. The van der Waals surface area contributed by atoms with Crippen molar-refractivity contribution < 1.29 is 43.4 Å². The number of benzene rings is 3. The maximum Gasteiger partial charge on any atom is 0.513 e. The molecule has 2 fully saturated rings. The Labute approximate surface area is 360 Å². The van der Waals surface area contributed by atoms with E-state index in [0.717, 1.165) is 68.3 Å². The standard InChI is InChI=1S/C46H56N8O8/c1-23(2)38(51-45(57)60-7)43(55)53-20-26(21-59-6)15-36(53)42-48-33-13-11-27-17-32-30-12-10-28(16-29(30)22-62-37(32)18-31(27)40(33)50-42)34-19-47-41(49-34)35-14-9-25(5)54(35)44(56)39(24(3)4)52-46(58)61-8/h10-13,16-19,23-26,35-36,38-39H,9,14-15,20-22H2,1-8H3,(H,47,49)(H,48,50)(H,51,57)(H,52,58)/p+1/t25-,26-,35-,36-,38-,39-/m0/s1. The van der Waals surface area contributed by atoms with Crippen LogP contribution in [0.4, 0.5) is 9.59 Å². The summed E-state index contributed by atoms with van der Waals surface area (Å²) in [5, 5.41) is 6.05. The first-order valence-electron chi connectivity index (χ1n) is 21.5. The summed E-state index contributed by atoms with van der Waals surface area (Å²) in [6.45, 7) is 11.0. The van der Waals surface area contributed by atoms with Crippen LogP contribution >= 0.6 is 0 Å². The molecule has 3 aromatic carbocycles. The van der Waals surface area contributed by atoms with Gasteiger partial charge in [-0.05, 0) is 78.4 Å². The number of carbonyl (C=O) groups is 4. The van der Waals surface area contributed by atoms with Gasteiger partial charge in [0.1, 0.15) is 30.0 Å². The highest BCUT2D eigenvalue weighted by atomic mass is 16.5. The molecule has 5 heterocycles. The molecule has 2 aromatic heterocycles. The third kappa shape index (κ3) is 7.97. The van der Waals surface area contributed by atoms with Crippen molar-refractivity contribution in [3.63, 3.8) is 0 Å². The summed E-state index contributed by atoms with van der Waals surface area (Å²) in [4.78, 5) is 73.0. The van der Waals surface area contributed by atoms with E-state index in [1.165, 1.54) is 19.5 Å². The molecule has 0 spiro atoms. The van der Waals surface area contributed by atoms with Crippen LogP contribution in [0, 0.1) is 17.8 Å². The second-order valence-corrected chi connectivity index (χ2v) is 17.6. The number of aromatic amines is 2. The molecular formula is C46H57N8O8+. The molecule has 3 aliphatic rings. The monoisotopic (exact) mass is 849 g/mol. The fourth-order valence-corrected chi connectivity index (χ4v) is 9.50. The number of methoxy groups -OCH3 is 3. The molecule has 0 radical (unpaired) electrons. The van der Waals surface area contributed by atoms with Gasteiger partial charge in [-0.3, -0.25) is 9.59 Å². The minimum atomic E-state index is -0.761. The average Bonchev–Trinajstić information content (AvgIpc) is 4.09. The minimum Gasteiger partial charge on any atom is -0.488 e. The minimum absolute atomic E-state index is 0.000381. The van der Waals surface area contributed by atoms with Gasteiger partial charge in [-0.25, -0.2) is 20.1 Å². The van der Waals surface area contributed by atoms with Gasteiger partial charge in [0, 0.05) is 42.5 Å². The van der Waals surface area contributed by atoms with Gasteiger partial charge in [-0.2, -0.15) is 4.79 Å². The van der Waals surface area contributed by atoms with Crippen molar-refractivity contribution in [1.29, 1.82) is 0 Å². The average molecular weight is 850 g/mol. The Morgan fingerprint density at radius 3 is 2.45 bits per heavy atom. The number of nitrogens with zero attached hydrogens (tertiary/aromatic N) is 4. The summed E-state index contributed by atoms with van der Waals surface area (Å²) in [5.41, 5.74) is 6.53. The van der Waals surface area contributed by atoms with Crippen LogP contribution in [0.5, 0.6) is 5.75 Å². The van der Waals surface area contributed by atoms with Gasteiger partial charge in [0.25, 0.3) is 5.91 Å². The smallest absolute Gasteiger partial charge is 0.488 e. The number of nitrogens with two attached hydrogens (primary N) is 1. The lowest BCUT2D eigenvalue weighted by atomic mass is 9.92. The van der Waals surface area contributed by atoms with Gasteiger partial charge in [0.2, 0.25) is 5.91 Å². The molecule has 328 valence electrons. The highest BCUT2D eigenvalue weighted by molar-refractivity contribution is 6.07. The number of hydrogen-bond donors (Lipinski definition) is 4. The lowest BCUT2D eigenvalue weighted by Gasteiger charge is -2.30. The van der Waals surface area contributed by atoms with E-state index in [1.54, 1.807) is 7.11 Å². The van der Waals surface area contributed by atoms with Gasteiger partial charge in [-0.15, -0.1) is 0 Å². The Morgan fingerprint density at radius 2 is 1.73 bits per heavy atom. The van der Waals surface area contributed by atoms with Crippen LogP contribution in [-0.4, -0.2) is 106 Å². The first kappa shape index (κ1) is 42.7. The molecule has 6 atom stereocenters. The summed E-state index contributed by atoms with van der Waals surface area (Å²) < 4.78 is 21.6. The van der Waals surface area contributed by atoms with Crippen molar-refractivity contribution in [3.05, 3.63) is 65.9 Å².